The second-order valence-corrected chi connectivity index (χ2v) is 5.52. The molecular formula is C14H21BrN2O3. The first kappa shape index (κ1) is 16.8. The number of nitrogens with two attached hydrogens (primary N) is 1. The Hall–Kier alpha value is -1.27. The molecule has 1 aromatic rings. The molecule has 1 rings (SSSR count). The molecule has 2 unspecified atom stereocenters. The van der Waals surface area contributed by atoms with Crippen LogP contribution in [0.2, 0.25) is 0 Å². The van der Waals surface area contributed by atoms with Gasteiger partial charge in [0.25, 0.3) is 0 Å². The van der Waals surface area contributed by atoms with Crippen LogP contribution in [0.25, 0.3) is 0 Å². The highest BCUT2D eigenvalue weighted by Crippen LogP contribution is 2.33. The number of rotatable bonds is 6. The standard InChI is InChI=1S/C14H21BrN2O3/c1-8(9(2)16)14(18)17-7-10-5-12(19-3)13(20-4)6-11(10)15/h5-6,8-9H,7,16H2,1-4H3,(H,17,18). The monoisotopic (exact) mass is 344 g/mol. The molecule has 5 nitrogen and oxygen atoms in total. The summed E-state index contributed by atoms with van der Waals surface area (Å²) in [6, 6.07) is 3.47. The largest absolute Gasteiger partial charge is 0.493 e. The van der Waals surface area contributed by atoms with Gasteiger partial charge in [-0.15, -0.1) is 0 Å². The highest BCUT2D eigenvalue weighted by molar-refractivity contribution is 9.10. The number of hydrogen-bond donors (Lipinski definition) is 2. The van der Waals surface area contributed by atoms with E-state index in [-0.39, 0.29) is 17.9 Å². The average molecular weight is 345 g/mol. The van der Waals surface area contributed by atoms with E-state index in [1.807, 2.05) is 26.0 Å². The molecule has 0 spiro atoms. The van der Waals surface area contributed by atoms with Crippen LogP contribution in [0, 0.1) is 5.92 Å². The molecule has 0 saturated heterocycles. The second kappa shape index (κ2) is 7.50. The number of nitrogens with one attached hydrogen (secondary N) is 1. The van der Waals surface area contributed by atoms with E-state index in [0.717, 1.165) is 10.0 Å². The lowest BCUT2D eigenvalue weighted by Gasteiger charge is -2.16. The van der Waals surface area contributed by atoms with Crippen LogP contribution < -0.4 is 20.5 Å². The van der Waals surface area contributed by atoms with Crippen LogP contribution >= 0.6 is 15.9 Å². The number of carbonyl (C=O) groups excluding carboxylic acids is 1. The zero-order chi connectivity index (χ0) is 15.3. The first-order valence-corrected chi connectivity index (χ1v) is 7.13. The Bertz CT molecular complexity index is 478. The Balaban J connectivity index is 2.80. The summed E-state index contributed by atoms with van der Waals surface area (Å²) in [5.74, 6) is 0.967. The molecule has 2 atom stereocenters. The van der Waals surface area contributed by atoms with E-state index in [0.29, 0.717) is 18.0 Å². The first-order chi connectivity index (χ1) is 9.40. The summed E-state index contributed by atoms with van der Waals surface area (Å²) in [7, 11) is 3.16. The number of amides is 1. The van der Waals surface area contributed by atoms with Gasteiger partial charge in [-0.2, -0.15) is 0 Å². The molecule has 0 saturated carbocycles. The lowest BCUT2D eigenvalue weighted by Crippen LogP contribution is -2.38. The Labute approximate surface area is 127 Å². The molecule has 1 amide bonds. The van der Waals surface area contributed by atoms with E-state index in [1.165, 1.54) is 0 Å². The van der Waals surface area contributed by atoms with Crippen LogP contribution in [0.15, 0.2) is 16.6 Å². The van der Waals surface area contributed by atoms with Gasteiger partial charge in [-0.1, -0.05) is 22.9 Å². The van der Waals surface area contributed by atoms with Crippen LogP contribution in [-0.4, -0.2) is 26.2 Å². The highest BCUT2D eigenvalue weighted by atomic mass is 79.9. The molecule has 0 radical (unpaired) electrons. The summed E-state index contributed by atoms with van der Waals surface area (Å²) in [5.41, 5.74) is 6.62. The van der Waals surface area contributed by atoms with Crippen molar-refractivity contribution >= 4 is 21.8 Å². The van der Waals surface area contributed by atoms with E-state index in [1.54, 1.807) is 14.2 Å². The molecule has 20 heavy (non-hydrogen) atoms. The number of methoxy groups -OCH3 is 2. The van der Waals surface area contributed by atoms with Gasteiger partial charge >= 0.3 is 0 Å². The van der Waals surface area contributed by atoms with E-state index in [2.05, 4.69) is 21.2 Å². The van der Waals surface area contributed by atoms with Gasteiger partial charge in [0.05, 0.1) is 14.2 Å². The Morgan fingerprint density at radius 1 is 1.30 bits per heavy atom. The van der Waals surface area contributed by atoms with Gasteiger partial charge < -0.3 is 20.5 Å². The molecule has 0 fully saturated rings. The topological polar surface area (TPSA) is 73.6 Å². The fourth-order valence-electron chi connectivity index (χ4n) is 1.61. The zero-order valence-electron chi connectivity index (χ0n) is 12.2. The van der Waals surface area contributed by atoms with Gasteiger partial charge in [0.15, 0.2) is 11.5 Å². The van der Waals surface area contributed by atoms with Crippen molar-refractivity contribution in [2.24, 2.45) is 11.7 Å². The van der Waals surface area contributed by atoms with E-state index < -0.39 is 0 Å². The van der Waals surface area contributed by atoms with E-state index in [4.69, 9.17) is 15.2 Å². The molecule has 0 aliphatic heterocycles. The molecule has 3 N–H and O–H groups in total. The van der Waals surface area contributed by atoms with Crippen molar-refractivity contribution < 1.29 is 14.3 Å². The molecule has 1 aromatic carbocycles. The van der Waals surface area contributed by atoms with Crippen molar-refractivity contribution in [3.63, 3.8) is 0 Å². The Morgan fingerprint density at radius 3 is 2.35 bits per heavy atom. The quantitative estimate of drug-likeness (QED) is 0.828. The van der Waals surface area contributed by atoms with Crippen LogP contribution in [0.5, 0.6) is 11.5 Å². The van der Waals surface area contributed by atoms with Crippen molar-refractivity contribution in [2.75, 3.05) is 14.2 Å². The Morgan fingerprint density at radius 2 is 1.85 bits per heavy atom. The maximum atomic E-state index is 11.9. The minimum Gasteiger partial charge on any atom is -0.493 e. The van der Waals surface area contributed by atoms with Gasteiger partial charge in [-0.3, -0.25) is 4.79 Å². The molecule has 6 heteroatoms. The molecule has 0 heterocycles. The number of benzene rings is 1. The summed E-state index contributed by atoms with van der Waals surface area (Å²) in [6.45, 7) is 4.02. The lowest BCUT2D eigenvalue weighted by atomic mass is 10.0. The fraction of sp³-hybridized carbons (Fsp3) is 0.500. The third kappa shape index (κ3) is 4.11. The number of hydrogen-bond acceptors (Lipinski definition) is 4. The molecule has 0 bridgehead atoms. The smallest absolute Gasteiger partial charge is 0.224 e. The SMILES string of the molecule is COc1cc(Br)c(CNC(=O)C(C)C(C)N)cc1OC. The molecular weight excluding hydrogens is 324 g/mol. The predicted octanol–water partition coefficient (Wildman–Crippen LogP) is 2.07. The zero-order valence-corrected chi connectivity index (χ0v) is 13.8. The summed E-state index contributed by atoms with van der Waals surface area (Å²) >= 11 is 3.46. The van der Waals surface area contributed by atoms with Crippen LogP contribution in [0.4, 0.5) is 0 Å². The van der Waals surface area contributed by atoms with Crippen molar-refractivity contribution in [2.45, 2.75) is 26.4 Å². The molecule has 0 aromatic heterocycles. The van der Waals surface area contributed by atoms with Gasteiger partial charge in [-0.25, -0.2) is 0 Å². The second-order valence-electron chi connectivity index (χ2n) is 4.66. The van der Waals surface area contributed by atoms with E-state index in [9.17, 15) is 4.79 Å². The summed E-state index contributed by atoms with van der Waals surface area (Å²) in [4.78, 5) is 11.9. The van der Waals surface area contributed by atoms with Gasteiger partial charge in [-0.05, 0) is 24.6 Å². The molecule has 112 valence electrons. The number of halogens is 1. The third-order valence-corrected chi connectivity index (χ3v) is 3.95. The highest BCUT2D eigenvalue weighted by Gasteiger charge is 2.17. The summed E-state index contributed by atoms with van der Waals surface area (Å²) in [5, 5.41) is 2.86. The van der Waals surface area contributed by atoms with Crippen LogP contribution in [-0.2, 0) is 11.3 Å². The minimum absolute atomic E-state index is 0.0679. The third-order valence-electron chi connectivity index (χ3n) is 3.21. The summed E-state index contributed by atoms with van der Waals surface area (Å²) < 4.78 is 11.3. The van der Waals surface area contributed by atoms with Crippen molar-refractivity contribution in [1.29, 1.82) is 0 Å². The number of carbonyl (C=O) groups is 1. The van der Waals surface area contributed by atoms with Crippen molar-refractivity contribution in [3.05, 3.63) is 22.2 Å². The van der Waals surface area contributed by atoms with Crippen molar-refractivity contribution in [3.8, 4) is 11.5 Å². The lowest BCUT2D eigenvalue weighted by molar-refractivity contribution is -0.125. The van der Waals surface area contributed by atoms with Gasteiger partial charge in [0.1, 0.15) is 0 Å². The number of ether oxygens (including phenoxy) is 2. The van der Waals surface area contributed by atoms with Gasteiger partial charge in [0, 0.05) is 23.0 Å². The average Bonchev–Trinajstić information content (AvgIpc) is 2.44. The maximum Gasteiger partial charge on any atom is 0.224 e. The van der Waals surface area contributed by atoms with Crippen LogP contribution in [0.3, 0.4) is 0 Å². The summed E-state index contributed by atoms with van der Waals surface area (Å²) in [6.07, 6.45) is 0. The predicted molar refractivity (Wildman–Crippen MR) is 81.9 cm³/mol. The minimum atomic E-state index is -0.228. The first-order valence-electron chi connectivity index (χ1n) is 6.34. The van der Waals surface area contributed by atoms with E-state index >= 15 is 0 Å². The van der Waals surface area contributed by atoms with Crippen LogP contribution in [0.1, 0.15) is 19.4 Å². The molecule has 0 aliphatic rings. The van der Waals surface area contributed by atoms with Crippen molar-refractivity contribution in [1.82, 2.24) is 5.32 Å². The normalized spacial score (nSPS) is 13.5. The molecule has 0 aliphatic carbocycles. The fourth-order valence-corrected chi connectivity index (χ4v) is 2.08. The Kier molecular flexibility index (Phi) is 6.29. The maximum absolute atomic E-state index is 11.9. The van der Waals surface area contributed by atoms with Gasteiger partial charge in [0.2, 0.25) is 5.91 Å².